The van der Waals surface area contributed by atoms with Crippen molar-refractivity contribution < 1.29 is 23.9 Å². The minimum absolute atomic E-state index is 0.0392. The molecule has 0 fully saturated rings. The van der Waals surface area contributed by atoms with Gasteiger partial charge in [0.1, 0.15) is 21.9 Å². The van der Waals surface area contributed by atoms with E-state index in [1.807, 2.05) is 18.2 Å². The van der Waals surface area contributed by atoms with Crippen LogP contribution in [0.25, 0.3) is 21.0 Å². The van der Waals surface area contributed by atoms with Crippen LogP contribution in [0.1, 0.15) is 58.1 Å². The Morgan fingerprint density at radius 3 is 2.29 bits per heavy atom. The lowest BCUT2D eigenvalue weighted by Gasteiger charge is -2.31. The molecular weight excluding hydrogens is 468 g/mol. The Labute approximate surface area is 207 Å². The van der Waals surface area contributed by atoms with Crippen LogP contribution in [0.4, 0.5) is 21.1 Å². The fraction of sp³-hybridized carbons (Fsp3) is 0.440. The van der Waals surface area contributed by atoms with Crippen LogP contribution in [0.15, 0.2) is 24.3 Å². The molecule has 0 spiro atoms. The van der Waals surface area contributed by atoms with Gasteiger partial charge >= 0.3 is 12.2 Å². The Balaban J connectivity index is 1.97. The number of benzene rings is 1. The highest BCUT2D eigenvalue weighted by atomic mass is 32.1. The fourth-order valence-electron chi connectivity index (χ4n) is 4.01. The molecular formula is C25H30N4O5S. The molecule has 1 aliphatic rings. The summed E-state index contributed by atoms with van der Waals surface area (Å²) in [5, 5.41) is 1.43. The molecule has 0 aliphatic carbocycles. The maximum absolute atomic E-state index is 13.8. The number of nitrogens with two attached hydrogens (primary N) is 1. The van der Waals surface area contributed by atoms with Crippen LogP contribution in [0.2, 0.25) is 0 Å². The van der Waals surface area contributed by atoms with E-state index >= 15 is 0 Å². The number of hydrogen-bond acceptors (Lipinski definition) is 8. The van der Waals surface area contributed by atoms with Gasteiger partial charge in [0, 0.05) is 15.5 Å². The van der Waals surface area contributed by atoms with Gasteiger partial charge in [0.25, 0.3) is 5.91 Å². The van der Waals surface area contributed by atoms with Gasteiger partial charge in [-0.05, 0) is 72.7 Å². The van der Waals surface area contributed by atoms with Gasteiger partial charge in [-0.15, -0.1) is 11.3 Å². The third kappa shape index (κ3) is 4.75. The lowest BCUT2D eigenvalue weighted by molar-refractivity contribution is 0.0182. The summed E-state index contributed by atoms with van der Waals surface area (Å²) in [4.78, 5) is 47.5. The molecule has 3 aromatic rings. The Morgan fingerprint density at radius 1 is 1.03 bits per heavy atom. The van der Waals surface area contributed by atoms with Crippen molar-refractivity contribution in [2.75, 3.05) is 17.2 Å². The van der Waals surface area contributed by atoms with E-state index in [0.717, 1.165) is 15.0 Å². The van der Waals surface area contributed by atoms with Gasteiger partial charge in [0.15, 0.2) is 0 Å². The highest BCUT2D eigenvalue weighted by Gasteiger charge is 2.42. The minimum atomic E-state index is -0.793. The number of nitrogen functional groups attached to an aromatic ring is 1. The number of pyridine rings is 1. The van der Waals surface area contributed by atoms with E-state index < -0.39 is 35.3 Å². The fourth-order valence-corrected chi connectivity index (χ4v) is 5.17. The number of carbonyl (C=O) groups excluding carboxylic acids is 3. The number of thiophene rings is 1. The van der Waals surface area contributed by atoms with Crippen molar-refractivity contribution in [2.45, 2.75) is 65.7 Å². The first-order valence-corrected chi connectivity index (χ1v) is 12.2. The lowest BCUT2D eigenvalue weighted by Crippen LogP contribution is -2.49. The SMILES string of the molecule is C[C@@H]1CN(C(=O)OC(C)(C)C)c2c(sc3ccc4nc(N)ccc4c23)C(=O)N1C(=O)OC(C)(C)C. The second kappa shape index (κ2) is 8.37. The number of carbonyl (C=O) groups is 3. The van der Waals surface area contributed by atoms with E-state index in [0.29, 0.717) is 22.4 Å². The quantitative estimate of drug-likeness (QED) is 0.432. The van der Waals surface area contributed by atoms with Crippen molar-refractivity contribution in [1.82, 2.24) is 9.88 Å². The van der Waals surface area contributed by atoms with Crippen molar-refractivity contribution in [3.05, 3.63) is 29.1 Å². The predicted octanol–water partition coefficient (Wildman–Crippen LogP) is 5.55. The first kappa shape index (κ1) is 24.7. The third-order valence-corrected chi connectivity index (χ3v) is 6.43. The summed E-state index contributed by atoms with van der Waals surface area (Å²) in [5.74, 6) is -0.159. The smallest absolute Gasteiger partial charge is 0.417 e. The number of amides is 3. The normalized spacial score (nSPS) is 16.9. The second-order valence-electron chi connectivity index (χ2n) is 10.6. The second-order valence-corrected chi connectivity index (χ2v) is 11.7. The number of imide groups is 1. The van der Waals surface area contributed by atoms with Crippen LogP contribution in [-0.4, -0.2) is 51.8 Å². The number of hydrogen-bond donors (Lipinski definition) is 1. The Hall–Kier alpha value is -3.40. The van der Waals surface area contributed by atoms with Crippen LogP contribution in [-0.2, 0) is 9.47 Å². The molecule has 2 aromatic heterocycles. The molecule has 186 valence electrons. The molecule has 3 amide bonds. The van der Waals surface area contributed by atoms with E-state index in [2.05, 4.69) is 4.98 Å². The summed E-state index contributed by atoms with van der Waals surface area (Å²) >= 11 is 1.21. The molecule has 3 heterocycles. The number of ether oxygens (including phenoxy) is 2. The molecule has 2 N–H and O–H groups in total. The van der Waals surface area contributed by atoms with Crippen LogP contribution >= 0.6 is 11.3 Å². The molecule has 0 radical (unpaired) electrons. The summed E-state index contributed by atoms with van der Waals surface area (Å²) < 4.78 is 12.0. The summed E-state index contributed by atoms with van der Waals surface area (Å²) in [7, 11) is 0. The number of nitrogens with zero attached hydrogens (tertiary/aromatic N) is 3. The zero-order chi connectivity index (χ0) is 25.9. The molecule has 1 aliphatic heterocycles. The van der Waals surface area contributed by atoms with Crippen molar-refractivity contribution in [3.8, 4) is 0 Å². The van der Waals surface area contributed by atoms with Gasteiger partial charge in [-0.1, -0.05) is 0 Å². The van der Waals surface area contributed by atoms with Crippen molar-refractivity contribution in [3.63, 3.8) is 0 Å². The summed E-state index contributed by atoms with van der Waals surface area (Å²) in [6.45, 7) is 12.3. The maximum Gasteiger partial charge on any atom is 0.417 e. The molecule has 1 atom stereocenters. The topological polar surface area (TPSA) is 115 Å². The monoisotopic (exact) mass is 498 g/mol. The minimum Gasteiger partial charge on any atom is -0.443 e. The van der Waals surface area contributed by atoms with Gasteiger partial charge in [0.05, 0.1) is 23.8 Å². The Kier molecular flexibility index (Phi) is 5.91. The van der Waals surface area contributed by atoms with Crippen molar-refractivity contribution >= 4 is 61.9 Å². The standard InChI is InChI=1S/C25H30N4O5S/c1-13-12-28(22(31)33-24(2,3)4)19-18-14-8-11-17(26)27-15(14)9-10-16(18)35-20(19)21(30)29(13)23(32)34-25(5,6)7/h8-11,13H,12H2,1-7H3,(H2,26,27)/t13-/m1/s1. The van der Waals surface area contributed by atoms with Crippen molar-refractivity contribution in [1.29, 1.82) is 0 Å². The van der Waals surface area contributed by atoms with Crippen molar-refractivity contribution in [2.24, 2.45) is 0 Å². The Morgan fingerprint density at radius 2 is 1.66 bits per heavy atom. The maximum atomic E-state index is 13.8. The van der Waals surface area contributed by atoms with Gasteiger partial charge in [-0.2, -0.15) is 0 Å². The molecule has 0 saturated carbocycles. The van der Waals surface area contributed by atoms with Crippen LogP contribution in [0.3, 0.4) is 0 Å². The van der Waals surface area contributed by atoms with Crippen LogP contribution < -0.4 is 10.6 Å². The summed E-state index contributed by atoms with van der Waals surface area (Å²) in [5.41, 5.74) is 5.37. The average molecular weight is 499 g/mol. The van der Waals surface area contributed by atoms with Gasteiger partial charge in [-0.25, -0.2) is 19.5 Å². The number of anilines is 2. The Bertz CT molecular complexity index is 1350. The molecule has 10 heteroatoms. The van der Waals surface area contributed by atoms with Gasteiger partial charge in [0.2, 0.25) is 0 Å². The van der Waals surface area contributed by atoms with E-state index in [-0.39, 0.29) is 11.4 Å². The first-order valence-electron chi connectivity index (χ1n) is 11.3. The zero-order valence-corrected chi connectivity index (χ0v) is 21.8. The highest BCUT2D eigenvalue weighted by molar-refractivity contribution is 7.21. The third-order valence-electron chi connectivity index (χ3n) is 5.29. The molecule has 0 unspecified atom stereocenters. The van der Waals surface area contributed by atoms with Gasteiger partial charge in [-0.3, -0.25) is 9.69 Å². The number of rotatable bonds is 0. The molecule has 4 rings (SSSR count). The van der Waals surface area contributed by atoms with Crippen LogP contribution in [0.5, 0.6) is 0 Å². The lowest BCUT2D eigenvalue weighted by atomic mass is 10.1. The van der Waals surface area contributed by atoms with E-state index in [1.54, 1.807) is 54.5 Å². The summed E-state index contributed by atoms with van der Waals surface area (Å²) in [6.07, 6.45) is -1.37. The number of fused-ring (bicyclic) bond motifs is 5. The van der Waals surface area contributed by atoms with E-state index in [1.165, 1.54) is 16.2 Å². The van der Waals surface area contributed by atoms with E-state index in [4.69, 9.17) is 15.2 Å². The molecule has 35 heavy (non-hydrogen) atoms. The highest BCUT2D eigenvalue weighted by Crippen LogP contribution is 2.45. The van der Waals surface area contributed by atoms with Gasteiger partial charge < -0.3 is 15.2 Å². The number of aromatic nitrogens is 1. The molecule has 1 aromatic carbocycles. The molecule has 0 bridgehead atoms. The molecule has 0 saturated heterocycles. The molecule has 9 nitrogen and oxygen atoms in total. The largest absolute Gasteiger partial charge is 0.443 e. The zero-order valence-electron chi connectivity index (χ0n) is 21.0. The van der Waals surface area contributed by atoms with E-state index in [9.17, 15) is 14.4 Å². The first-order chi connectivity index (χ1) is 16.2. The average Bonchev–Trinajstić information content (AvgIpc) is 3.04. The summed E-state index contributed by atoms with van der Waals surface area (Å²) in [6, 6.07) is 6.50. The van der Waals surface area contributed by atoms with Crippen LogP contribution in [0, 0.1) is 0 Å². The predicted molar refractivity (Wildman–Crippen MR) is 137 cm³/mol.